The van der Waals surface area contributed by atoms with Crippen molar-refractivity contribution in [3.63, 3.8) is 0 Å². The fourth-order valence-electron chi connectivity index (χ4n) is 1.79. The molecule has 1 N–H and O–H groups in total. The van der Waals surface area contributed by atoms with Gasteiger partial charge >= 0.3 is 0 Å². The van der Waals surface area contributed by atoms with E-state index in [0.29, 0.717) is 5.75 Å². The molecule has 2 rings (SSSR count). The SMILES string of the molecule is CC#CCCNCc1cc(OC)c2c(c1)OCO2. The van der Waals surface area contributed by atoms with Crippen molar-refractivity contribution in [2.24, 2.45) is 0 Å². The molecule has 0 radical (unpaired) electrons. The Morgan fingerprint density at radius 3 is 3.06 bits per heavy atom. The molecule has 4 nitrogen and oxygen atoms in total. The Labute approximate surface area is 107 Å². The third-order valence-corrected chi connectivity index (χ3v) is 2.65. The third-order valence-electron chi connectivity index (χ3n) is 2.65. The zero-order valence-electron chi connectivity index (χ0n) is 10.7. The summed E-state index contributed by atoms with van der Waals surface area (Å²) < 4.78 is 16.0. The highest BCUT2D eigenvalue weighted by molar-refractivity contribution is 5.55. The zero-order chi connectivity index (χ0) is 12.8. The predicted molar refractivity (Wildman–Crippen MR) is 68.9 cm³/mol. The second kappa shape index (κ2) is 6.18. The molecule has 0 atom stereocenters. The highest BCUT2D eigenvalue weighted by Gasteiger charge is 2.19. The summed E-state index contributed by atoms with van der Waals surface area (Å²) in [4.78, 5) is 0. The van der Waals surface area contributed by atoms with Crippen LogP contribution in [0.2, 0.25) is 0 Å². The molecule has 0 spiro atoms. The van der Waals surface area contributed by atoms with Crippen molar-refractivity contribution >= 4 is 0 Å². The Morgan fingerprint density at radius 2 is 2.28 bits per heavy atom. The third kappa shape index (κ3) is 2.88. The second-order valence-electron chi connectivity index (χ2n) is 3.89. The molecule has 96 valence electrons. The number of hydrogen-bond donors (Lipinski definition) is 1. The summed E-state index contributed by atoms with van der Waals surface area (Å²) in [5.41, 5.74) is 1.11. The molecular formula is C14H17NO3. The summed E-state index contributed by atoms with van der Waals surface area (Å²) in [5.74, 6) is 8.05. The van der Waals surface area contributed by atoms with E-state index in [1.54, 1.807) is 7.11 Å². The number of methoxy groups -OCH3 is 1. The van der Waals surface area contributed by atoms with Gasteiger partial charge in [0.2, 0.25) is 12.5 Å². The van der Waals surface area contributed by atoms with E-state index >= 15 is 0 Å². The minimum absolute atomic E-state index is 0.259. The highest BCUT2D eigenvalue weighted by Crippen LogP contribution is 2.41. The maximum atomic E-state index is 5.37. The molecule has 0 saturated carbocycles. The molecule has 4 heteroatoms. The number of fused-ring (bicyclic) bond motifs is 1. The molecule has 1 aromatic carbocycles. The van der Waals surface area contributed by atoms with Gasteiger partial charge in [0, 0.05) is 19.5 Å². The van der Waals surface area contributed by atoms with Crippen LogP contribution in [0.15, 0.2) is 12.1 Å². The highest BCUT2D eigenvalue weighted by atomic mass is 16.7. The van der Waals surface area contributed by atoms with Crippen LogP contribution in [0.3, 0.4) is 0 Å². The van der Waals surface area contributed by atoms with E-state index in [1.807, 2.05) is 19.1 Å². The lowest BCUT2D eigenvalue weighted by Crippen LogP contribution is -2.14. The summed E-state index contributed by atoms with van der Waals surface area (Å²) in [7, 11) is 1.63. The van der Waals surface area contributed by atoms with Gasteiger partial charge in [-0.15, -0.1) is 11.8 Å². The molecule has 0 aromatic heterocycles. The van der Waals surface area contributed by atoms with E-state index in [1.165, 1.54) is 0 Å². The first kappa shape index (κ1) is 12.6. The van der Waals surface area contributed by atoms with Crippen LogP contribution >= 0.6 is 0 Å². The number of hydrogen-bond acceptors (Lipinski definition) is 4. The zero-order valence-corrected chi connectivity index (χ0v) is 10.7. The fourth-order valence-corrected chi connectivity index (χ4v) is 1.79. The van der Waals surface area contributed by atoms with Crippen molar-refractivity contribution in [2.45, 2.75) is 19.9 Å². The Morgan fingerprint density at radius 1 is 1.39 bits per heavy atom. The van der Waals surface area contributed by atoms with Crippen LogP contribution in [0.1, 0.15) is 18.9 Å². The van der Waals surface area contributed by atoms with Gasteiger partial charge in [0.25, 0.3) is 0 Å². The number of nitrogens with one attached hydrogen (secondary N) is 1. The Kier molecular flexibility index (Phi) is 4.32. The van der Waals surface area contributed by atoms with E-state index < -0.39 is 0 Å². The van der Waals surface area contributed by atoms with Gasteiger partial charge in [0.05, 0.1) is 7.11 Å². The first-order chi connectivity index (χ1) is 8.85. The van der Waals surface area contributed by atoms with E-state index in [4.69, 9.17) is 14.2 Å². The number of rotatable bonds is 5. The van der Waals surface area contributed by atoms with Crippen molar-refractivity contribution in [3.8, 4) is 29.1 Å². The summed E-state index contributed by atoms with van der Waals surface area (Å²) >= 11 is 0. The molecule has 0 bridgehead atoms. The largest absolute Gasteiger partial charge is 0.493 e. The monoisotopic (exact) mass is 247 g/mol. The number of ether oxygens (including phenoxy) is 3. The van der Waals surface area contributed by atoms with Gasteiger partial charge in [0.1, 0.15) is 0 Å². The molecule has 18 heavy (non-hydrogen) atoms. The normalized spacial score (nSPS) is 11.9. The predicted octanol–water partition coefficient (Wildman–Crippen LogP) is 1.93. The standard InChI is InChI=1S/C14H17NO3/c1-3-4-5-6-15-9-11-7-12(16-2)14-13(8-11)17-10-18-14/h7-8,15H,5-6,9-10H2,1-2H3. The van der Waals surface area contributed by atoms with Gasteiger partial charge in [-0.3, -0.25) is 0 Å². The lowest BCUT2D eigenvalue weighted by molar-refractivity contribution is 0.171. The van der Waals surface area contributed by atoms with E-state index in [-0.39, 0.29) is 6.79 Å². The van der Waals surface area contributed by atoms with E-state index in [2.05, 4.69) is 17.2 Å². The summed E-state index contributed by atoms with van der Waals surface area (Å²) in [6, 6.07) is 3.94. The van der Waals surface area contributed by atoms with Gasteiger partial charge in [-0.1, -0.05) is 0 Å². The first-order valence-electron chi connectivity index (χ1n) is 5.92. The van der Waals surface area contributed by atoms with Crippen molar-refractivity contribution in [2.75, 3.05) is 20.4 Å². The van der Waals surface area contributed by atoms with Crippen LogP contribution < -0.4 is 19.5 Å². The molecule has 0 saturated heterocycles. The lowest BCUT2D eigenvalue weighted by atomic mass is 10.2. The van der Waals surface area contributed by atoms with E-state index in [9.17, 15) is 0 Å². The summed E-state index contributed by atoms with van der Waals surface area (Å²) in [5, 5.41) is 3.32. The molecular weight excluding hydrogens is 230 g/mol. The molecule has 1 aromatic rings. The maximum Gasteiger partial charge on any atom is 0.231 e. The molecule has 0 aliphatic carbocycles. The van der Waals surface area contributed by atoms with Crippen LogP contribution in [-0.4, -0.2) is 20.4 Å². The van der Waals surface area contributed by atoms with Gasteiger partial charge < -0.3 is 19.5 Å². The molecule has 0 amide bonds. The molecule has 0 fully saturated rings. The fraction of sp³-hybridized carbons (Fsp3) is 0.429. The second-order valence-corrected chi connectivity index (χ2v) is 3.89. The van der Waals surface area contributed by atoms with Gasteiger partial charge in [0.15, 0.2) is 11.5 Å². The van der Waals surface area contributed by atoms with Crippen molar-refractivity contribution in [1.29, 1.82) is 0 Å². The van der Waals surface area contributed by atoms with Crippen molar-refractivity contribution < 1.29 is 14.2 Å². The van der Waals surface area contributed by atoms with Crippen LogP contribution in [0, 0.1) is 11.8 Å². The number of benzene rings is 1. The quantitative estimate of drug-likeness (QED) is 0.637. The average Bonchev–Trinajstić information content (AvgIpc) is 2.85. The average molecular weight is 247 g/mol. The van der Waals surface area contributed by atoms with Crippen LogP contribution in [0.5, 0.6) is 17.2 Å². The Bertz CT molecular complexity index is 474. The molecule has 1 aliphatic rings. The summed E-state index contributed by atoms with van der Waals surface area (Å²) in [6.07, 6.45) is 0.859. The maximum absolute atomic E-state index is 5.37. The lowest BCUT2D eigenvalue weighted by Gasteiger charge is -2.08. The molecule has 1 aliphatic heterocycles. The van der Waals surface area contributed by atoms with Crippen molar-refractivity contribution in [1.82, 2.24) is 5.32 Å². The Balaban J connectivity index is 1.98. The summed E-state index contributed by atoms with van der Waals surface area (Å²) in [6.45, 7) is 3.74. The van der Waals surface area contributed by atoms with Crippen LogP contribution in [-0.2, 0) is 6.54 Å². The van der Waals surface area contributed by atoms with Crippen molar-refractivity contribution in [3.05, 3.63) is 17.7 Å². The first-order valence-corrected chi connectivity index (χ1v) is 5.92. The van der Waals surface area contributed by atoms with Gasteiger partial charge in [-0.25, -0.2) is 0 Å². The topological polar surface area (TPSA) is 39.7 Å². The minimum atomic E-state index is 0.259. The van der Waals surface area contributed by atoms with Gasteiger partial charge in [-0.05, 0) is 24.6 Å². The smallest absolute Gasteiger partial charge is 0.231 e. The van der Waals surface area contributed by atoms with Crippen LogP contribution in [0.4, 0.5) is 0 Å². The van der Waals surface area contributed by atoms with Crippen LogP contribution in [0.25, 0.3) is 0 Å². The molecule has 0 unspecified atom stereocenters. The van der Waals surface area contributed by atoms with Gasteiger partial charge in [-0.2, -0.15) is 0 Å². The Hall–Kier alpha value is -1.86. The van der Waals surface area contributed by atoms with E-state index in [0.717, 1.165) is 36.6 Å². The molecule has 1 heterocycles. The minimum Gasteiger partial charge on any atom is -0.493 e.